The highest BCUT2D eigenvalue weighted by atomic mass is 35.5. The fraction of sp³-hybridized carbons (Fsp3) is 0.118. The number of aromatic hydroxyl groups is 1. The van der Waals surface area contributed by atoms with E-state index in [2.05, 4.69) is 10.3 Å². The summed E-state index contributed by atoms with van der Waals surface area (Å²) in [7, 11) is 0. The smallest absolute Gasteiger partial charge is 0.255 e. The number of carbonyl (C=O) groups is 1. The van der Waals surface area contributed by atoms with Crippen LogP contribution < -0.4 is 5.32 Å². The number of hydrogen-bond donors (Lipinski definition) is 3. The Morgan fingerprint density at radius 3 is 2.91 bits per heavy atom. The molecule has 2 aromatic carbocycles. The van der Waals surface area contributed by atoms with E-state index in [1.54, 1.807) is 12.3 Å². The molecule has 0 aliphatic heterocycles. The lowest BCUT2D eigenvalue weighted by Crippen LogP contribution is -2.25. The Kier molecular flexibility index (Phi) is 4.21. The van der Waals surface area contributed by atoms with Crippen LogP contribution in [-0.4, -0.2) is 22.5 Å². The molecular weight excluding hydrogens is 319 g/mol. The number of benzene rings is 2. The molecule has 6 heteroatoms. The summed E-state index contributed by atoms with van der Waals surface area (Å²) >= 11 is 5.83. The summed E-state index contributed by atoms with van der Waals surface area (Å²) in [6.07, 6.45) is 2.34. The molecule has 1 aromatic heterocycles. The predicted octanol–water partition coefficient (Wildman–Crippen LogP) is 3.64. The van der Waals surface area contributed by atoms with Crippen LogP contribution in [0.1, 0.15) is 15.9 Å². The number of fused-ring (bicyclic) bond motifs is 1. The maximum absolute atomic E-state index is 13.3. The number of rotatable bonds is 4. The fourth-order valence-corrected chi connectivity index (χ4v) is 2.63. The van der Waals surface area contributed by atoms with E-state index in [0.717, 1.165) is 16.5 Å². The molecule has 0 aliphatic carbocycles. The zero-order valence-electron chi connectivity index (χ0n) is 12.1. The summed E-state index contributed by atoms with van der Waals surface area (Å²) in [6, 6.07) is 8.83. The van der Waals surface area contributed by atoms with Crippen molar-refractivity contribution in [2.45, 2.75) is 6.42 Å². The minimum absolute atomic E-state index is 0.124. The van der Waals surface area contributed by atoms with Crippen molar-refractivity contribution in [3.8, 4) is 5.75 Å². The van der Waals surface area contributed by atoms with E-state index in [-0.39, 0.29) is 17.1 Å². The minimum Gasteiger partial charge on any atom is -0.507 e. The molecule has 3 N–H and O–H groups in total. The molecule has 0 bridgehead atoms. The number of phenolic OH excluding ortho intramolecular Hbond substituents is 1. The standard InChI is InChI=1S/C17H14ClFN2O2/c18-11-1-4-16(22)14(7-11)17(23)20-6-5-10-9-21-15-3-2-12(19)8-13(10)15/h1-4,7-9,21-22H,5-6H2,(H,20,23). The summed E-state index contributed by atoms with van der Waals surface area (Å²) in [5.74, 6) is -0.830. The van der Waals surface area contributed by atoms with Gasteiger partial charge in [0.15, 0.2) is 0 Å². The van der Waals surface area contributed by atoms with Crippen molar-refractivity contribution in [1.29, 1.82) is 0 Å². The molecule has 118 valence electrons. The summed E-state index contributed by atoms with van der Waals surface area (Å²) in [5.41, 5.74) is 1.89. The molecule has 0 saturated carbocycles. The zero-order valence-corrected chi connectivity index (χ0v) is 12.8. The third-order valence-corrected chi connectivity index (χ3v) is 3.85. The average Bonchev–Trinajstić information content (AvgIpc) is 2.92. The van der Waals surface area contributed by atoms with Crippen molar-refractivity contribution < 1.29 is 14.3 Å². The first-order valence-corrected chi connectivity index (χ1v) is 7.44. The van der Waals surface area contributed by atoms with Crippen LogP contribution in [0.25, 0.3) is 10.9 Å². The number of halogens is 2. The normalized spacial score (nSPS) is 10.9. The summed E-state index contributed by atoms with van der Waals surface area (Å²) in [4.78, 5) is 15.1. The first-order valence-electron chi connectivity index (χ1n) is 7.07. The Morgan fingerprint density at radius 2 is 2.09 bits per heavy atom. The van der Waals surface area contributed by atoms with Crippen molar-refractivity contribution in [3.05, 3.63) is 64.6 Å². The molecule has 3 aromatic rings. The Labute approximate surface area is 136 Å². The third-order valence-electron chi connectivity index (χ3n) is 3.61. The molecule has 0 atom stereocenters. The molecule has 0 fully saturated rings. The molecule has 4 nitrogen and oxygen atoms in total. The number of aromatic nitrogens is 1. The number of hydrogen-bond acceptors (Lipinski definition) is 2. The van der Waals surface area contributed by atoms with E-state index in [0.29, 0.717) is 18.0 Å². The number of aromatic amines is 1. The van der Waals surface area contributed by atoms with E-state index >= 15 is 0 Å². The number of nitrogens with one attached hydrogen (secondary N) is 2. The monoisotopic (exact) mass is 332 g/mol. The quantitative estimate of drug-likeness (QED) is 0.683. The van der Waals surface area contributed by atoms with Gasteiger partial charge < -0.3 is 15.4 Å². The summed E-state index contributed by atoms with van der Waals surface area (Å²) in [5, 5.41) is 13.6. The molecule has 1 heterocycles. The van der Waals surface area contributed by atoms with Crippen molar-refractivity contribution >= 4 is 28.4 Å². The molecule has 3 rings (SSSR count). The third kappa shape index (κ3) is 3.29. The first kappa shape index (κ1) is 15.4. The second-order valence-electron chi connectivity index (χ2n) is 5.17. The SMILES string of the molecule is O=C(NCCc1c[nH]c2ccc(F)cc12)c1cc(Cl)ccc1O. The Hall–Kier alpha value is -2.53. The summed E-state index contributed by atoms with van der Waals surface area (Å²) in [6.45, 7) is 0.355. The van der Waals surface area contributed by atoms with Gasteiger partial charge in [-0.25, -0.2) is 4.39 Å². The van der Waals surface area contributed by atoms with Gasteiger partial charge in [-0.1, -0.05) is 11.6 Å². The van der Waals surface area contributed by atoms with Gasteiger partial charge in [0.05, 0.1) is 5.56 Å². The topological polar surface area (TPSA) is 65.1 Å². The molecule has 1 amide bonds. The van der Waals surface area contributed by atoms with Crippen LogP contribution in [0.5, 0.6) is 5.75 Å². The van der Waals surface area contributed by atoms with E-state index in [9.17, 15) is 14.3 Å². The van der Waals surface area contributed by atoms with Gasteiger partial charge in [-0.2, -0.15) is 0 Å². The molecule has 0 saturated heterocycles. The molecule has 0 radical (unpaired) electrons. The first-order chi connectivity index (χ1) is 11.0. The van der Waals surface area contributed by atoms with Crippen molar-refractivity contribution in [2.75, 3.05) is 6.54 Å². The van der Waals surface area contributed by atoms with Gasteiger partial charge in [0.25, 0.3) is 5.91 Å². The maximum atomic E-state index is 13.3. The van der Waals surface area contributed by atoms with Crippen molar-refractivity contribution in [1.82, 2.24) is 10.3 Å². The Bertz CT molecular complexity index is 876. The molecule has 0 spiro atoms. The highest BCUT2D eigenvalue weighted by Crippen LogP contribution is 2.22. The van der Waals surface area contributed by atoms with Crippen molar-refractivity contribution in [2.24, 2.45) is 0 Å². The van der Waals surface area contributed by atoms with Gasteiger partial charge in [-0.05, 0) is 48.4 Å². The van der Waals surface area contributed by atoms with Gasteiger partial charge in [0.2, 0.25) is 0 Å². The van der Waals surface area contributed by atoms with E-state index in [1.807, 2.05) is 0 Å². The second kappa shape index (κ2) is 6.30. The highest BCUT2D eigenvalue weighted by Gasteiger charge is 2.12. The predicted molar refractivity (Wildman–Crippen MR) is 87.4 cm³/mol. The van der Waals surface area contributed by atoms with Crippen LogP contribution in [0.3, 0.4) is 0 Å². The number of phenols is 1. The van der Waals surface area contributed by atoms with Crippen LogP contribution in [-0.2, 0) is 6.42 Å². The molecule has 23 heavy (non-hydrogen) atoms. The van der Waals surface area contributed by atoms with Gasteiger partial charge in [-0.15, -0.1) is 0 Å². The van der Waals surface area contributed by atoms with Gasteiger partial charge in [-0.3, -0.25) is 4.79 Å². The zero-order chi connectivity index (χ0) is 16.4. The largest absolute Gasteiger partial charge is 0.507 e. The maximum Gasteiger partial charge on any atom is 0.255 e. The Balaban J connectivity index is 1.67. The Morgan fingerprint density at radius 1 is 1.26 bits per heavy atom. The van der Waals surface area contributed by atoms with Gasteiger partial charge in [0.1, 0.15) is 11.6 Å². The van der Waals surface area contributed by atoms with Gasteiger partial charge >= 0.3 is 0 Å². The van der Waals surface area contributed by atoms with E-state index < -0.39 is 5.91 Å². The van der Waals surface area contributed by atoms with E-state index in [4.69, 9.17) is 11.6 Å². The van der Waals surface area contributed by atoms with Gasteiger partial charge in [0, 0.05) is 28.7 Å². The lowest BCUT2D eigenvalue weighted by molar-refractivity contribution is 0.0951. The number of H-pyrrole nitrogens is 1. The number of amides is 1. The highest BCUT2D eigenvalue weighted by molar-refractivity contribution is 6.31. The minimum atomic E-state index is -0.406. The van der Waals surface area contributed by atoms with Crippen molar-refractivity contribution in [3.63, 3.8) is 0 Å². The van der Waals surface area contributed by atoms with Crippen LogP contribution >= 0.6 is 11.6 Å². The summed E-state index contributed by atoms with van der Waals surface area (Å²) < 4.78 is 13.3. The number of carbonyl (C=O) groups excluding carboxylic acids is 1. The lowest BCUT2D eigenvalue weighted by atomic mass is 10.1. The van der Waals surface area contributed by atoms with E-state index in [1.165, 1.54) is 30.3 Å². The molecular formula is C17H14ClFN2O2. The lowest BCUT2D eigenvalue weighted by Gasteiger charge is -2.07. The van der Waals surface area contributed by atoms with Crippen LogP contribution in [0.15, 0.2) is 42.6 Å². The molecule has 0 aliphatic rings. The molecule has 0 unspecified atom stereocenters. The van der Waals surface area contributed by atoms with Crippen LogP contribution in [0.2, 0.25) is 5.02 Å². The van der Waals surface area contributed by atoms with Crippen LogP contribution in [0.4, 0.5) is 4.39 Å². The van der Waals surface area contributed by atoms with Crippen LogP contribution in [0, 0.1) is 5.82 Å². The fourth-order valence-electron chi connectivity index (χ4n) is 2.45. The second-order valence-corrected chi connectivity index (χ2v) is 5.61. The average molecular weight is 333 g/mol.